The number of halogens is 3. The van der Waals surface area contributed by atoms with Gasteiger partial charge in [-0.15, -0.1) is 0 Å². The Morgan fingerprint density at radius 3 is 2.83 bits per heavy atom. The monoisotopic (exact) mass is 645 g/mol. The van der Waals surface area contributed by atoms with Crippen molar-refractivity contribution in [2.75, 3.05) is 39.8 Å². The molecule has 1 unspecified atom stereocenters. The molecule has 0 saturated carbocycles. The Morgan fingerprint density at radius 1 is 1.22 bits per heavy atom. The van der Waals surface area contributed by atoms with Crippen molar-refractivity contribution in [1.29, 1.82) is 0 Å². The van der Waals surface area contributed by atoms with E-state index in [4.69, 9.17) is 21.3 Å². The van der Waals surface area contributed by atoms with E-state index in [9.17, 15) is 9.18 Å². The molecule has 2 aromatic heterocycles. The molecular formula is C35H36ClF2N6O2+. The molecule has 0 N–H and O–H groups in total. The highest BCUT2D eigenvalue weighted by molar-refractivity contribution is 6.36. The first-order chi connectivity index (χ1) is 22.2. The van der Waals surface area contributed by atoms with Crippen molar-refractivity contribution in [2.24, 2.45) is 11.8 Å². The number of likely N-dealkylation sites (tertiary alicyclic amines) is 1. The Labute approximate surface area is 271 Å². The summed E-state index contributed by atoms with van der Waals surface area (Å²) >= 11 is 6.60. The van der Waals surface area contributed by atoms with Gasteiger partial charge >= 0.3 is 11.8 Å². The SMILES string of the molecule is C=CC(=O)N1CC(C=[N+](C)c2nc(OC[C@@]34CCCN3C[C@H](F)C4)nc3c(F)c(-c4cccc5cccc(Cl)c45)ncc23)[C@H](C)C1. The second kappa shape index (κ2) is 12.0. The van der Waals surface area contributed by atoms with Crippen LogP contribution in [0.25, 0.3) is 32.9 Å². The molecule has 7 rings (SSSR count). The second-order valence-corrected chi connectivity index (χ2v) is 13.3. The highest BCUT2D eigenvalue weighted by Gasteiger charge is 2.49. The van der Waals surface area contributed by atoms with Gasteiger partial charge in [0.05, 0.1) is 18.8 Å². The fourth-order valence-corrected chi connectivity index (χ4v) is 7.82. The van der Waals surface area contributed by atoms with Crippen molar-refractivity contribution in [3.8, 4) is 17.3 Å². The number of hydrogen-bond acceptors (Lipinski definition) is 6. The van der Waals surface area contributed by atoms with Crippen LogP contribution < -0.4 is 4.74 Å². The zero-order valence-corrected chi connectivity index (χ0v) is 26.7. The summed E-state index contributed by atoms with van der Waals surface area (Å²) in [5, 5.41) is 2.47. The Hall–Kier alpha value is -4.02. The summed E-state index contributed by atoms with van der Waals surface area (Å²) in [5.41, 5.74) is 0.316. The van der Waals surface area contributed by atoms with Gasteiger partial charge in [-0.25, -0.2) is 13.4 Å². The Bertz CT molecular complexity index is 1900. The van der Waals surface area contributed by atoms with Gasteiger partial charge in [-0.3, -0.25) is 14.7 Å². The molecule has 11 heteroatoms. The molecule has 238 valence electrons. The average Bonchev–Trinajstić information content (AvgIpc) is 3.70. The maximum absolute atomic E-state index is 16.7. The van der Waals surface area contributed by atoms with Crippen LogP contribution in [0.3, 0.4) is 0 Å². The minimum Gasteiger partial charge on any atom is -0.443 e. The highest BCUT2D eigenvalue weighted by Crippen LogP contribution is 2.41. The molecule has 3 aliphatic heterocycles. The van der Waals surface area contributed by atoms with Crippen LogP contribution in [0.15, 0.2) is 55.3 Å². The third kappa shape index (κ3) is 5.31. The largest absolute Gasteiger partial charge is 0.443 e. The van der Waals surface area contributed by atoms with Crippen LogP contribution >= 0.6 is 11.6 Å². The lowest BCUT2D eigenvalue weighted by Crippen LogP contribution is -2.43. The van der Waals surface area contributed by atoms with E-state index in [0.29, 0.717) is 53.2 Å². The highest BCUT2D eigenvalue weighted by atomic mass is 35.5. The smallest absolute Gasteiger partial charge is 0.434 e. The fourth-order valence-electron chi connectivity index (χ4n) is 7.54. The second-order valence-electron chi connectivity index (χ2n) is 12.9. The van der Waals surface area contributed by atoms with Crippen LogP contribution in [0, 0.1) is 17.7 Å². The van der Waals surface area contributed by atoms with E-state index in [-0.39, 0.29) is 41.6 Å². The average molecular weight is 646 g/mol. The molecule has 4 aromatic rings. The molecule has 3 fully saturated rings. The summed E-state index contributed by atoms with van der Waals surface area (Å²) in [4.78, 5) is 30.2. The topological polar surface area (TPSA) is 74.5 Å². The number of rotatable bonds is 7. The summed E-state index contributed by atoms with van der Waals surface area (Å²) < 4.78 is 39.3. The number of hydrogen-bond donors (Lipinski definition) is 0. The molecule has 1 amide bonds. The molecule has 8 nitrogen and oxygen atoms in total. The zero-order valence-electron chi connectivity index (χ0n) is 25.9. The number of aromatic nitrogens is 3. The van der Waals surface area contributed by atoms with Gasteiger partial charge in [0.15, 0.2) is 5.82 Å². The molecular weight excluding hydrogens is 610 g/mol. The molecule has 0 spiro atoms. The van der Waals surface area contributed by atoms with Crippen molar-refractivity contribution < 1.29 is 22.9 Å². The number of alkyl halides is 1. The molecule has 0 bridgehead atoms. The minimum atomic E-state index is -0.905. The molecule has 0 radical (unpaired) electrons. The first kappa shape index (κ1) is 30.6. The van der Waals surface area contributed by atoms with Crippen molar-refractivity contribution in [1.82, 2.24) is 24.8 Å². The van der Waals surface area contributed by atoms with Gasteiger partial charge in [-0.1, -0.05) is 55.4 Å². The number of pyridine rings is 1. The number of carbonyl (C=O) groups is 1. The van der Waals surface area contributed by atoms with Gasteiger partial charge in [0, 0.05) is 59.1 Å². The molecule has 5 heterocycles. The summed E-state index contributed by atoms with van der Waals surface area (Å²) in [6.45, 7) is 8.29. The molecule has 3 aliphatic rings. The van der Waals surface area contributed by atoms with E-state index >= 15 is 4.39 Å². The van der Waals surface area contributed by atoms with Crippen molar-refractivity contribution in [2.45, 2.75) is 37.9 Å². The zero-order chi connectivity index (χ0) is 32.2. The summed E-state index contributed by atoms with van der Waals surface area (Å²) in [6, 6.07) is 11.1. The lowest BCUT2D eigenvalue weighted by molar-refractivity contribution is -0.405. The third-order valence-electron chi connectivity index (χ3n) is 9.89. The first-order valence-electron chi connectivity index (χ1n) is 15.7. The quantitative estimate of drug-likeness (QED) is 0.135. The van der Waals surface area contributed by atoms with Crippen molar-refractivity contribution in [3.05, 3.63) is 66.1 Å². The summed E-state index contributed by atoms with van der Waals surface area (Å²) in [7, 11) is 1.84. The van der Waals surface area contributed by atoms with Gasteiger partial charge in [0.1, 0.15) is 29.4 Å². The van der Waals surface area contributed by atoms with Gasteiger partial charge < -0.3 is 9.64 Å². The Kier molecular flexibility index (Phi) is 7.97. The Balaban J connectivity index is 1.33. The number of nitrogens with zero attached hydrogens (tertiary/aromatic N) is 6. The predicted octanol–water partition coefficient (Wildman–Crippen LogP) is 6.22. The number of benzene rings is 2. The van der Waals surface area contributed by atoms with Crippen LogP contribution in [0.2, 0.25) is 5.02 Å². The molecule has 2 aromatic carbocycles. The normalized spacial score (nSPS) is 25.0. The van der Waals surface area contributed by atoms with E-state index in [1.807, 2.05) is 42.1 Å². The summed E-state index contributed by atoms with van der Waals surface area (Å²) in [6.07, 6.45) is 6.20. The van der Waals surface area contributed by atoms with E-state index in [0.717, 1.165) is 24.8 Å². The molecule has 3 saturated heterocycles. The lowest BCUT2D eigenvalue weighted by atomic mass is 9.95. The van der Waals surface area contributed by atoms with Crippen LogP contribution in [-0.2, 0) is 4.79 Å². The Morgan fingerprint density at radius 2 is 2.02 bits per heavy atom. The maximum atomic E-state index is 16.7. The molecule has 0 aliphatic carbocycles. The van der Waals surface area contributed by atoms with Crippen LogP contribution in [0.4, 0.5) is 14.6 Å². The van der Waals surface area contributed by atoms with Crippen LogP contribution in [0.5, 0.6) is 6.01 Å². The number of ether oxygens (including phenoxy) is 1. The van der Waals surface area contributed by atoms with E-state index in [2.05, 4.69) is 28.4 Å². The predicted molar refractivity (Wildman–Crippen MR) is 175 cm³/mol. The minimum absolute atomic E-state index is 0.0150. The van der Waals surface area contributed by atoms with E-state index < -0.39 is 17.5 Å². The summed E-state index contributed by atoms with van der Waals surface area (Å²) in [5.74, 6) is -0.0803. The van der Waals surface area contributed by atoms with Crippen LogP contribution in [0.1, 0.15) is 26.2 Å². The van der Waals surface area contributed by atoms with E-state index in [1.54, 1.807) is 23.2 Å². The maximum Gasteiger partial charge on any atom is 0.434 e. The number of carbonyl (C=O) groups excluding carboxylic acids is 1. The standard InChI is InChI=1S/C35H36ClF2N6O2/c1-4-28(45)43-16-21(2)23(18-43)17-42(3)33-26-15-39-31(25-10-5-8-22-9-6-11-27(36)29(22)25)30(38)32(26)40-34(41-33)46-20-35-12-7-13-44(35)19-24(37)14-35/h4-6,8-11,15,17,21,23-24H,1,7,12-14,16,18-20H2,2-3H3/q+1/t21-,23?,24-,35+/m1/s1. The van der Waals surface area contributed by atoms with Gasteiger partial charge in [-0.2, -0.15) is 4.98 Å². The lowest BCUT2D eigenvalue weighted by Gasteiger charge is -2.30. The van der Waals surface area contributed by atoms with Crippen molar-refractivity contribution in [3.63, 3.8) is 0 Å². The first-order valence-corrected chi connectivity index (χ1v) is 16.1. The molecule has 46 heavy (non-hydrogen) atoms. The van der Waals surface area contributed by atoms with Crippen LogP contribution in [-0.4, -0.2) is 93.0 Å². The van der Waals surface area contributed by atoms with E-state index in [1.165, 1.54) is 6.08 Å². The van der Waals surface area contributed by atoms with Gasteiger partial charge in [-0.05, 0) is 42.8 Å². The number of fused-ring (bicyclic) bond motifs is 3. The molecule has 4 atom stereocenters. The third-order valence-corrected chi connectivity index (χ3v) is 10.2. The fraction of sp³-hybridized carbons (Fsp3) is 0.400. The van der Waals surface area contributed by atoms with Crippen molar-refractivity contribution >= 4 is 51.2 Å². The number of amides is 1. The van der Waals surface area contributed by atoms with Gasteiger partial charge in [0.2, 0.25) is 5.91 Å². The van der Waals surface area contributed by atoms with Gasteiger partial charge in [0.25, 0.3) is 0 Å².